The van der Waals surface area contributed by atoms with Gasteiger partial charge in [0.2, 0.25) is 5.78 Å². The molecule has 1 heterocycles. The molecule has 0 atom stereocenters. The van der Waals surface area contributed by atoms with E-state index in [9.17, 15) is 4.79 Å². The minimum Gasteiger partial charge on any atom is -0.383 e. The molecule has 0 aliphatic heterocycles. The Morgan fingerprint density at radius 1 is 1.22 bits per heavy atom. The van der Waals surface area contributed by atoms with Crippen molar-refractivity contribution in [2.75, 3.05) is 14.1 Å². The van der Waals surface area contributed by atoms with E-state index in [2.05, 4.69) is 37.1 Å². The Labute approximate surface area is 137 Å². The molecule has 0 fully saturated rings. The minimum atomic E-state index is 0.112. The van der Waals surface area contributed by atoms with Crippen molar-refractivity contribution in [3.05, 3.63) is 64.1 Å². The highest BCUT2D eigenvalue weighted by molar-refractivity contribution is 6.09. The molecule has 0 saturated carbocycles. The number of allylic oxidation sites excluding steroid dienone is 1. The van der Waals surface area contributed by atoms with E-state index in [1.165, 1.54) is 16.7 Å². The molecule has 4 nitrogen and oxygen atoms in total. The first kappa shape index (κ1) is 15.5. The van der Waals surface area contributed by atoms with E-state index in [-0.39, 0.29) is 5.78 Å². The third-order valence-electron chi connectivity index (χ3n) is 4.40. The van der Waals surface area contributed by atoms with E-state index in [0.29, 0.717) is 6.54 Å². The first-order valence-corrected chi connectivity index (χ1v) is 7.98. The molecule has 0 saturated heterocycles. The number of Topliss-reactive ketones (excluding diaryl/α,β-unsaturated/α-hetero) is 1. The van der Waals surface area contributed by atoms with Gasteiger partial charge in [-0.05, 0) is 43.4 Å². The second kappa shape index (κ2) is 6.03. The molecule has 0 N–H and O–H groups in total. The highest BCUT2D eigenvalue weighted by Crippen LogP contribution is 2.26. The highest BCUT2D eigenvalue weighted by Gasteiger charge is 2.26. The fourth-order valence-corrected chi connectivity index (χ4v) is 3.03. The lowest BCUT2D eigenvalue weighted by Crippen LogP contribution is -2.20. The van der Waals surface area contributed by atoms with Crippen LogP contribution < -0.4 is 0 Å². The Balaban J connectivity index is 1.93. The summed E-state index contributed by atoms with van der Waals surface area (Å²) in [6.45, 7) is 4.86. The second-order valence-electron chi connectivity index (χ2n) is 6.54. The molecule has 1 aromatic carbocycles. The molecule has 23 heavy (non-hydrogen) atoms. The predicted molar refractivity (Wildman–Crippen MR) is 91.7 cm³/mol. The first-order chi connectivity index (χ1) is 11.0. The topological polar surface area (TPSA) is 38.1 Å². The third kappa shape index (κ3) is 3.07. The molecule has 1 aromatic heterocycles. The number of hydrogen-bond acceptors (Lipinski definition) is 3. The van der Waals surface area contributed by atoms with Crippen LogP contribution in [0.5, 0.6) is 0 Å². The SMILES string of the molecule is Cc1ccc(Cn2ncc3c2C(=O)C(=CN(C)C)CC3)cc1C. The number of aromatic nitrogens is 2. The van der Waals surface area contributed by atoms with Gasteiger partial charge < -0.3 is 4.90 Å². The summed E-state index contributed by atoms with van der Waals surface area (Å²) in [4.78, 5) is 14.7. The summed E-state index contributed by atoms with van der Waals surface area (Å²) in [5, 5.41) is 4.46. The fourth-order valence-electron chi connectivity index (χ4n) is 3.03. The van der Waals surface area contributed by atoms with E-state index in [4.69, 9.17) is 0 Å². The summed E-state index contributed by atoms with van der Waals surface area (Å²) < 4.78 is 1.85. The van der Waals surface area contributed by atoms with Crippen LogP contribution in [-0.4, -0.2) is 34.6 Å². The molecule has 4 heteroatoms. The van der Waals surface area contributed by atoms with Crippen LogP contribution in [0.25, 0.3) is 0 Å². The van der Waals surface area contributed by atoms with E-state index in [0.717, 1.165) is 29.7 Å². The Morgan fingerprint density at radius 2 is 2.00 bits per heavy atom. The van der Waals surface area contributed by atoms with Crippen LogP contribution in [-0.2, 0) is 13.0 Å². The Morgan fingerprint density at radius 3 is 2.70 bits per heavy atom. The molecular weight excluding hydrogens is 286 g/mol. The summed E-state index contributed by atoms with van der Waals surface area (Å²) in [5.74, 6) is 0.112. The van der Waals surface area contributed by atoms with Crippen molar-refractivity contribution in [3.8, 4) is 0 Å². The molecule has 3 rings (SSSR count). The Kier molecular flexibility index (Phi) is 4.07. The van der Waals surface area contributed by atoms with Crippen molar-refractivity contribution in [2.45, 2.75) is 33.2 Å². The predicted octanol–water partition coefficient (Wildman–Crippen LogP) is 3.12. The lowest BCUT2D eigenvalue weighted by molar-refractivity contribution is 0.101. The van der Waals surface area contributed by atoms with Gasteiger partial charge in [-0.2, -0.15) is 5.10 Å². The summed E-state index contributed by atoms with van der Waals surface area (Å²) in [7, 11) is 3.89. The van der Waals surface area contributed by atoms with E-state index in [1.807, 2.05) is 36.1 Å². The van der Waals surface area contributed by atoms with Crippen LogP contribution in [0, 0.1) is 13.8 Å². The van der Waals surface area contributed by atoms with Crippen molar-refractivity contribution < 1.29 is 4.79 Å². The molecule has 2 aromatic rings. The van der Waals surface area contributed by atoms with Gasteiger partial charge >= 0.3 is 0 Å². The van der Waals surface area contributed by atoms with Gasteiger partial charge in [0.1, 0.15) is 5.69 Å². The van der Waals surface area contributed by atoms with Gasteiger partial charge in [0.05, 0.1) is 12.7 Å². The quantitative estimate of drug-likeness (QED) is 0.818. The minimum absolute atomic E-state index is 0.112. The highest BCUT2D eigenvalue weighted by atomic mass is 16.1. The van der Waals surface area contributed by atoms with Gasteiger partial charge in [-0.3, -0.25) is 9.48 Å². The second-order valence-corrected chi connectivity index (χ2v) is 6.54. The zero-order valence-electron chi connectivity index (χ0n) is 14.3. The lowest BCUT2D eigenvalue weighted by Gasteiger charge is -2.18. The van der Waals surface area contributed by atoms with Crippen LogP contribution in [0.4, 0.5) is 0 Å². The van der Waals surface area contributed by atoms with Gasteiger partial charge in [0.15, 0.2) is 0 Å². The summed E-state index contributed by atoms with van der Waals surface area (Å²) >= 11 is 0. The van der Waals surface area contributed by atoms with Crippen LogP contribution in [0.15, 0.2) is 36.2 Å². The number of hydrogen-bond donors (Lipinski definition) is 0. The largest absolute Gasteiger partial charge is 0.383 e. The number of aryl methyl sites for hydroxylation is 3. The van der Waals surface area contributed by atoms with Crippen molar-refractivity contribution in [1.29, 1.82) is 0 Å². The van der Waals surface area contributed by atoms with Gasteiger partial charge in [-0.25, -0.2) is 0 Å². The van der Waals surface area contributed by atoms with Gasteiger partial charge in [-0.15, -0.1) is 0 Å². The summed E-state index contributed by atoms with van der Waals surface area (Å²) in [5.41, 5.74) is 6.41. The molecule has 0 spiro atoms. The van der Waals surface area contributed by atoms with Crippen molar-refractivity contribution in [1.82, 2.24) is 14.7 Å². The number of carbonyl (C=O) groups excluding carboxylic acids is 1. The van der Waals surface area contributed by atoms with Crippen LogP contribution in [0.3, 0.4) is 0 Å². The van der Waals surface area contributed by atoms with Crippen molar-refractivity contribution in [2.24, 2.45) is 0 Å². The molecule has 0 unspecified atom stereocenters. The van der Waals surface area contributed by atoms with E-state index < -0.39 is 0 Å². The number of carbonyl (C=O) groups is 1. The number of fused-ring (bicyclic) bond motifs is 1. The average Bonchev–Trinajstić information content (AvgIpc) is 2.89. The van der Waals surface area contributed by atoms with Gasteiger partial charge in [0.25, 0.3) is 0 Å². The zero-order chi connectivity index (χ0) is 16.6. The third-order valence-corrected chi connectivity index (χ3v) is 4.40. The maximum absolute atomic E-state index is 12.8. The molecular formula is C19H23N3O. The smallest absolute Gasteiger partial charge is 0.208 e. The molecule has 0 bridgehead atoms. The lowest BCUT2D eigenvalue weighted by atomic mass is 9.92. The Bertz CT molecular complexity index is 784. The molecule has 0 radical (unpaired) electrons. The zero-order valence-corrected chi connectivity index (χ0v) is 14.3. The van der Waals surface area contributed by atoms with Crippen molar-refractivity contribution >= 4 is 5.78 Å². The summed E-state index contributed by atoms with van der Waals surface area (Å²) in [6, 6.07) is 6.41. The van der Waals surface area contributed by atoms with Gasteiger partial charge in [-0.1, -0.05) is 18.2 Å². The molecule has 1 aliphatic rings. The number of rotatable bonds is 3. The standard InChI is InChI=1S/C19H23N3O/c1-13-5-6-15(9-14(13)2)11-22-18-16(10-20-22)7-8-17(19(18)23)12-21(3)4/h5-6,9-10,12H,7-8,11H2,1-4H3. The number of nitrogens with zero attached hydrogens (tertiary/aromatic N) is 3. The van der Waals surface area contributed by atoms with E-state index in [1.54, 1.807) is 0 Å². The van der Waals surface area contributed by atoms with Crippen LogP contribution >= 0.6 is 0 Å². The first-order valence-electron chi connectivity index (χ1n) is 7.98. The normalized spacial score (nSPS) is 15.8. The number of ketones is 1. The Hall–Kier alpha value is -2.36. The average molecular weight is 309 g/mol. The molecule has 1 aliphatic carbocycles. The monoisotopic (exact) mass is 309 g/mol. The maximum Gasteiger partial charge on any atom is 0.208 e. The van der Waals surface area contributed by atoms with E-state index >= 15 is 0 Å². The van der Waals surface area contributed by atoms with Gasteiger partial charge in [0, 0.05) is 31.4 Å². The van der Waals surface area contributed by atoms with Crippen LogP contribution in [0.2, 0.25) is 0 Å². The molecule has 120 valence electrons. The van der Waals surface area contributed by atoms with Crippen LogP contribution in [0.1, 0.15) is 39.2 Å². The van der Waals surface area contributed by atoms with Crippen molar-refractivity contribution in [3.63, 3.8) is 0 Å². The fraction of sp³-hybridized carbons (Fsp3) is 0.368. The maximum atomic E-state index is 12.8. The molecule has 0 amide bonds. The number of benzene rings is 1. The summed E-state index contributed by atoms with van der Waals surface area (Å²) in [6.07, 6.45) is 5.45.